The van der Waals surface area contributed by atoms with Gasteiger partial charge in [0, 0.05) is 10.8 Å². The van der Waals surface area contributed by atoms with E-state index >= 15 is 0 Å². The molecule has 1 atom stereocenters. The van der Waals surface area contributed by atoms with Crippen molar-refractivity contribution in [2.75, 3.05) is 12.4 Å². The van der Waals surface area contributed by atoms with Gasteiger partial charge in [0.15, 0.2) is 0 Å². The van der Waals surface area contributed by atoms with Crippen LogP contribution in [0, 0.1) is 0 Å². The van der Waals surface area contributed by atoms with Crippen LogP contribution in [-0.4, -0.2) is 18.1 Å². The minimum absolute atomic E-state index is 0.201. The Morgan fingerprint density at radius 2 is 1.44 bits per heavy atom. The monoisotopic (exact) mass is 356 g/mol. The second-order valence-electron chi connectivity index (χ2n) is 6.41. The van der Waals surface area contributed by atoms with Crippen LogP contribution in [0.4, 0.5) is 5.69 Å². The van der Waals surface area contributed by atoms with E-state index in [0.717, 1.165) is 33.1 Å². The number of para-hydroxylation sites is 2. The number of carbonyl (C=O) groups is 1. The van der Waals surface area contributed by atoms with Crippen LogP contribution in [0.3, 0.4) is 0 Å². The molecular formula is C23H20N2O2. The lowest BCUT2D eigenvalue weighted by Crippen LogP contribution is -2.17. The molecule has 0 fully saturated rings. The van der Waals surface area contributed by atoms with Crippen molar-refractivity contribution in [3.05, 3.63) is 84.4 Å². The Morgan fingerprint density at radius 1 is 0.889 bits per heavy atom. The van der Waals surface area contributed by atoms with E-state index in [1.54, 1.807) is 0 Å². The molecule has 3 aromatic carbocycles. The molecule has 134 valence electrons. The third-order valence-electron chi connectivity index (χ3n) is 4.71. The zero-order valence-corrected chi connectivity index (χ0v) is 15.1. The van der Waals surface area contributed by atoms with Gasteiger partial charge in [-0.15, -0.1) is 0 Å². The first-order valence-corrected chi connectivity index (χ1v) is 8.92. The Morgan fingerprint density at radius 3 is 2.04 bits per heavy atom. The predicted octanol–water partition coefficient (Wildman–Crippen LogP) is 5.10. The summed E-state index contributed by atoms with van der Waals surface area (Å²) in [4.78, 5) is 16.8. The summed E-state index contributed by atoms with van der Waals surface area (Å²) in [6.07, 6.45) is 0.242. The van der Waals surface area contributed by atoms with Gasteiger partial charge in [-0.1, -0.05) is 66.7 Å². The van der Waals surface area contributed by atoms with Gasteiger partial charge in [-0.25, -0.2) is 4.98 Å². The van der Waals surface area contributed by atoms with Gasteiger partial charge >= 0.3 is 5.97 Å². The molecule has 0 aliphatic carbocycles. The zero-order chi connectivity index (χ0) is 18.6. The highest BCUT2D eigenvalue weighted by Gasteiger charge is 2.19. The normalized spacial score (nSPS) is 12.0. The molecule has 0 saturated heterocycles. The number of nitrogens with one attached hydrogen (secondary N) is 1. The van der Waals surface area contributed by atoms with E-state index < -0.39 is 0 Å². The van der Waals surface area contributed by atoms with Crippen LogP contribution in [0.15, 0.2) is 78.9 Å². The molecule has 0 spiro atoms. The highest BCUT2D eigenvalue weighted by molar-refractivity contribution is 6.07. The van der Waals surface area contributed by atoms with Crippen LogP contribution >= 0.6 is 0 Å². The third-order valence-corrected chi connectivity index (χ3v) is 4.71. The minimum atomic E-state index is -0.251. The summed E-state index contributed by atoms with van der Waals surface area (Å²) >= 11 is 0. The maximum Gasteiger partial charge on any atom is 0.307 e. The fourth-order valence-electron chi connectivity index (χ4n) is 3.36. The Balaban J connectivity index is 1.86. The fourth-order valence-corrected chi connectivity index (χ4v) is 3.36. The van der Waals surface area contributed by atoms with Gasteiger partial charge in [0.25, 0.3) is 0 Å². The van der Waals surface area contributed by atoms with Gasteiger partial charge in [0.05, 0.1) is 36.3 Å². The molecule has 1 heterocycles. The number of esters is 1. The number of hydrogen-bond donors (Lipinski definition) is 1. The lowest BCUT2D eigenvalue weighted by atomic mass is 10.0. The van der Waals surface area contributed by atoms with E-state index in [4.69, 9.17) is 9.72 Å². The van der Waals surface area contributed by atoms with Gasteiger partial charge in [0.2, 0.25) is 0 Å². The number of ether oxygens (including phenoxy) is 1. The highest BCUT2D eigenvalue weighted by atomic mass is 16.5. The van der Waals surface area contributed by atoms with Crippen LogP contribution in [-0.2, 0) is 9.53 Å². The highest BCUT2D eigenvalue weighted by Crippen LogP contribution is 2.34. The molecule has 0 amide bonds. The van der Waals surface area contributed by atoms with Crippen LogP contribution in [0.5, 0.6) is 0 Å². The van der Waals surface area contributed by atoms with Gasteiger partial charge in [-0.2, -0.15) is 0 Å². The lowest BCUT2D eigenvalue weighted by Gasteiger charge is -2.22. The van der Waals surface area contributed by atoms with Crippen LogP contribution in [0.2, 0.25) is 0 Å². The molecule has 0 aliphatic rings. The molecule has 0 radical (unpaired) electrons. The number of benzene rings is 3. The molecule has 1 aromatic heterocycles. The Hall–Kier alpha value is -3.40. The van der Waals surface area contributed by atoms with E-state index in [1.807, 2.05) is 66.7 Å². The van der Waals surface area contributed by atoms with Crippen molar-refractivity contribution in [3.63, 3.8) is 0 Å². The minimum Gasteiger partial charge on any atom is -0.469 e. The summed E-state index contributed by atoms with van der Waals surface area (Å²) in [5.74, 6) is -0.251. The molecule has 27 heavy (non-hydrogen) atoms. The van der Waals surface area contributed by atoms with Crippen LogP contribution in [0.25, 0.3) is 21.8 Å². The first-order chi connectivity index (χ1) is 13.3. The molecule has 4 nitrogen and oxygen atoms in total. The smallest absolute Gasteiger partial charge is 0.307 e. The van der Waals surface area contributed by atoms with Crippen molar-refractivity contribution in [1.82, 2.24) is 4.98 Å². The Bertz CT molecular complexity index is 1040. The van der Waals surface area contributed by atoms with E-state index in [-0.39, 0.29) is 18.4 Å². The van der Waals surface area contributed by atoms with E-state index in [0.29, 0.717) is 0 Å². The molecule has 1 unspecified atom stereocenters. The largest absolute Gasteiger partial charge is 0.469 e. The number of anilines is 1. The molecule has 1 N–H and O–H groups in total. The van der Waals surface area contributed by atoms with Crippen molar-refractivity contribution in [2.24, 2.45) is 0 Å². The number of methoxy groups -OCH3 is 1. The topological polar surface area (TPSA) is 51.2 Å². The summed E-state index contributed by atoms with van der Waals surface area (Å²) in [5.41, 5.74) is 3.86. The summed E-state index contributed by atoms with van der Waals surface area (Å²) in [6, 6.07) is 25.8. The predicted molar refractivity (Wildman–Crippen MR) is 109 cm³/mol. The average molecular weight is 356 g/mol. The fraction of sp³-hybridized carbons (Fsp3) is 0.130. The number of fused-ring (bicyclic) bond motifs is 2. The SMILES string of the molecule is COC(=O)CC(Nc1c2ccccc2nc2ccccc12)c1ccccc1. The number of rotatable bonds is 5. The number of hydrogen-bond acceptors (Lipinski definition) is 4. The van der Waals surface area contributed by atoms with Gasteiger partial charge in [-0.05, 0) is 17.7 Å². The van der Waals surface area contributed by atoms with Crippen molar-refractivity contribution in [2.45, 2.75) is 12.5 Å². The Labute approximate surface area is 157 Å². The molecular weight excluding hydrogens is 336 g/mol. The maximum absolute atomic E-state index is 12.0. The molecule has 0 bridgehead atoms. The number of carbonyl (C=O) groups excluding carboxylic acids is 1. The number of nitrogens with zero attached hydrogens (tertiary/aromatic N) is 1. The third kappa shape index (κ3) is 3.47. The molecule has 4 aromatic rings. The molecule has 4 rings (SSSR count). The second-order valence-corrected chi connectivity index (χ2v) is 6.41. The summed E-state index contributed by atoms with van der Waals surface area (Å²) in [6.45, 7) is 0. The maximum atomic E-state index is 12.0. The van der Waals surface area contributed by atoms with Crippen LogP contribution in [0.1, 0.15) is 18.0 Å². The number of pyridine rings is 1. The van der Waals surface area contributed by atoms with Crippen molar-refractivity contribution >= 4 is 33.5 Å². The molecule has 0 saturated carbocycles. The number of aromatic nitrogens is 1. The molecule has 4 heteroatoms. The first kappa shape index (κ1) is 17.0. The van der Waals surface area contributed by atoms with Crippen molar-refractivity contribution < 1.29 is 9.53 Å². The van der Waals surface area contributed by atoms with E-state index in [1.165, 1.54) is 7.11 Å². The molecule has 0 aliphatic heterocycles. The summed E-state index contributed by atoms with van der Waals surface area (Å²) in [5, 5.41) is 5.66. The van der Waals surface area contributed by atoms with Gasteiger partial charge < -0.3 is 10.1 Å². The van der Waals surface area contributed by atoms with Crippen molar-refractivity contribution in [3.8, 4) is 0 Å². The lowest BCUT2D eigenvalue weighted by molar-refractivity contribution is -0.140. The zero-order valence-electron chi connectivity index (χ0n) is 15.1. The average Bonchev–Trinajstić information content (AvgIpc) is 2.73. The quantitative estimate of drug-likeness (QED) is 0.399. The standard InChI is InChI=1S/C23H20N2O2/c1-27-22(26)15-21(16-9-3-2-4-10-16)25-23-17-11-5-7-13-19(17)24-20-14-8-6-12-18(20)23/h2-14,21H,15H2,1H3,(H,24,25). The Kier molecular flexibility index (Phi) is 4.71. The first-order valence-electron chi connectivity index (χ1n) is 8.92. The summed E-state index contributed by atoms with van der Waals surface area (Å²) in [7, 11) is 1.42. The van der Waals surface area contributed by atoms with Gasteiger partial charge in [-0.3, -0.25) is 4.79 Å². The van der Waals surface area contributed by atoms with Crippen molar-refractivity contribution in [1.29, 1.82) is 0 Å². The second kappa shape index (κ2) is 7.46. The van der Waals surface area contributed by atoms with Crippen LogP contribution < -0.4 is 5.32 Å². The van der Waals surface area contributed by atoms with E-state index in [2.05, 4.69) is 17.4 Å². The summed E-state index contributed by atoms with van der Waals surface area (Å²) < 4.78 is 4.92. The van der Waals surface area contributed by atoms with E-state index in [9.17, 15) is 4.79 Å². The van der Waals surface area contributed by atoms with Gasteiger partial charge in [0.1, 0.15) is 0 Å².